The highest BCUT2D eigenvalue weighted by Crippen LogP contribution is 2.67. The molecule has 0 radical (unpaired) electrons. The highest BCUT2D eigenvalue weighted by atomic mass is 16.5. The quantitative estimate of drug-likeness (QED) is 0.506. The Morgan fingerprint density at radius 1 is 1.20 bits per heavy atom. The summed E-state index contributed by atoms with van der Waals surface area (Å²) in [5.74, 6) is 0.142. The lowest BCUT2D eigenvalue weighted by molar-refractivity contribution is -0.152. The highest BCUT2D eigenvalue weighted by Gasteiger charge is 2.66. The number of ether oxygens (including phenoxy) is 1. The van der Waals surface area contributed by atoms with Gasteiger partial charge in [0.1, 0.15) is 0 Å². The van der Waals surface area contributed by atoms with Gasteiger partial charge in [0.2, 0.25) is 0 Å². The minimum Gasteiger partial charge on any atom is -0.390 e. The van der Waals surface area contributed by atoms with Crippen molar-refractivity contribution in [2.24, 2.45) is 28.6 Å². The van der Waals surface area contributed by atoms with Crippen LogP contribution < -0.4 is 5.32 Å². The number of carbonyl (C=O) groups is 1. The van der Waals surface area contributed by atoms with Crippen molar-refractivity contribution in [1.29, 1.82) is 0 Å². The molecule has 6 nitrogen and oxygen atoms in total. The van der Waals surface area contributed by atoms with E-state index >= 15 is 0 Å². The average Bonchev–Trinajstić information content (AvgIpc) is 2.96. The van der Waals surface area contributed by atoms with Gasteiger partial charge >= 0.3 is 0 Å². The SMILES string of the molecule is COCCNC(C)C1CCC2(O)C3=CC(=O)C4CC(O)C(O)CC4(C)C3CCC12C. The fourth-order valence-electron chi connectivity index (χ4n) is 7.74. The Kier molecular flexibility index (Phi) is 5.72. The second-order valence-corrected chi connectivity index (χ2v) is 10.9. The van der Waals surface area contributed by atoms with Gasteiger partial charge in [-0.2, -0.15) is 0 Å². The largest absolute Gasteiger partial charge is 0.390 e. The fourth-order valence-corrected chi connectivity index (χ4v) is 7.74. The third kappa shape index (κ3) is 3.06. The van der Waals surface area contributed by atoms with Crippen LogP contribution in [0, 0.1) is 28.6 Å². The molecule has 0 aromatic carbocycles. The van der Waals surface area contributed by atoms with Gasteiger partial charge in [-0.05, 0) is 74.3 Å². The van der Waals surface area contributed by atoms with E-state index in [-0.39, 0.29) is 29.1 Å². The van der Waals surface area contributed by atoms with Crippen LogP contribution >= 0.6 is 0 Å². The lowest BCUT2D eigenvalue weighted by atomic mass is 9.46. The third-order valence-corrected chi connectivity index (χ3v) is 9.57. The van der Waals surface area contributed by atoms with E-state index < -0.39 is 23.2 Å². The fraction of sp³-hybridized carbons (Fsp3) is 0.875. The summed E-state index contributed by atoms with van der Waals surface area (Å²) < 4.78 is 5.17. The minimum atomic E-state index is -0.984. The molecule has 9 unspecified atom stereocenters. The second kappa shape index (κ2) is 7.66. The number of methoxy groups -OCH3 is 1. The summed E-state index contributed by atoms with van der Waals surface area (Å²) in [6.07, 6.45) is 4.23. The molecule has 0 saturated heterocycles. The Morgan fingerprint density at radius 2 is 1.93 bits per heavy atom. The van der Waals surface area contributed by atoms with E-state index in [1.54, 1.807) is 13.2 Å². The molecule has 4 aliphatic carbocycles. The van der Waals surface area contributed by atoms with Gasteiger partial charge in [0.05, 0.1) is 24.4 Å². The minimum absolute atomic E-state index is 0.0158. The zero-order chi connectivity index (χ0) is 21.9. The third-order valence-electron chi connectivity index (χ3n) is 9.57. The molecule has 30 heavy (non-hydrogen) atoms. The van der Waals surface area contributed by atoms with Crippen LogP contribution in [0.3, 0.4) is 0 Å². The Balaban J connectivity index is 1.65. The van der Waals surface area contributed by atoms with Crippen molar-refractivity contribution in [3.05, 3.63) is 11.6 Å². The first-order chi connectivity index (χ1) is 14.1. The predicted molar refractivity (Wildman–Crippen MR) is 114 cm³/mol. The molecule has 0 amide bonds. The number of aliphatic hydroxyl groups excluding tert-OH is 2. The van der Waals surface area contributed by atoms with E-state index in [9.17, 15) is 20.1 Å². The molecule has 4 rings (SSSR count). The van der Waals surface area contributed by atoms with E-state index in [4.69, 9.17) is 4.74 Å². The molecule has 0 aliphatic heterocycles. The van der Waals surface area contributed by atoms with E-state index in [2.05, 4.69) is 26.1 Å². The van der Waals surface area contributed by atoms with E-state index in [0.717, 1.165) is 31.4 Å². The molecule has 9 atom stereocenters. The lowest BCUT2D eigenvalue weighted by Gasteiger charge is -2.60. The smallest absolute Gasteiger partial charge is 0.159 e. The van der Waals surface area contributed by atoms with Gasteiger partial charge in [0, 0.05) is 31.0 Å². The number of hydrogen-bond acceptors (Lipinski definition) is 6. The summed E-state index contributed by atoms with van der Waals surface area (Å²) in [4.78, 5) is 13.2. The van der Waals surface area contributed by atoms with Crippen molar-refractivity contribution in [3.8, 4) is 0 Å². The summed E-state index contributed by atoms with van der Waals surface area (Å²) >= 11 is 0. The average molecular weight is 422 g/mol. The van der Waals surface area contributed by atoms with E-state index in [1.807, 2.05) is 0 Å². The summed E-state index contributed by atoms with van der Waals surface area (Å²) in [7, 11) is 1.70. The van der Waals surface area contributed by atoms with Gasteiger partial charge in [0.25, 0.3) is 0 Å². The Morgan fingerprint density at radius 3 is 2.63 bits per heavy atom. The second-order valence-electron chi connectivity index (χ2n) is 10.9. The van der Waals surface area contributed by atoms with Crippen molar-refractivity contribution in [1.82, 2.24) is 5.32 Å². The maximum absolute atomic E-state index is 13.2. The lowest BCUT2D eigenvalue weighted by Crippen LogP contribution is -2.61. The summed E-state index contributed by atoms with van der Waals surface area (Å²) in [5.41, 5.74) is -0.777. The van der Waals surface area contributed by atoms with Crippen LogP contribution in [0.2, 0.25) is 0 Å². The summed E-state index contributed by atoms with van der Waals surface area (Å²) in [5, 5.41) is 36.3. The van der Waals surface area contributed by atoms with Crippen molar-refractivity contribution in [2.75, 3.05) is 20.3 Å². The molecule has 4 N–H and O–H groups in total. The van der Waals surface area contributed by atoms with Crippen LogP contribution in [0.15, 0.2) is 11.6 Å². The van der Waals surface area contributed by atoms with Gasteiger partial charge in [-0.3, -0.25) is 4.79 Å². The van der Waals surface area contributed by atoms with Gasteiger partial charge in [-0.25, -0.2) is 0 Å². The summed E-state index contributed by atoms with van der Waals surface area (Å²) in [6, 6.07) is 0.255. The zero-order valence-corrected chi connectivity index (χ0v) is 18.9. The number of nitrogens with one attached hydrogen (secondary N) is 1. The number of ketones is 1. The maximum atomic E-state index is 13.2. The number of carbonyl (C=O) groups excluding carboxylic acids is 1. The summed E-state index contributed by atoms with van der Waals surface area (Å²) in [6.45, 7) is 7.94. The zero-order valence-electron chi connectivity index (χ0n) is 18.9. The number of hydrogen-bond donors (Lipinski definition) is 4. The van der Waals surface area contributed by atoms with Gasteiger partial charge in [0.15, 0.2) is 5.78 Å². The molecule has 0 spiro atoms. The van der Waals surface area contributed by atoms with Gasteiger partial charge in [-0.15, -0.1) is 0 Å². The monoisotopic (exact) mass is 421 g/mol. The van der Waals surface area contributed by atoms with Crippen LogP contribution in [-0.4, -0.2) is 65.2 Å². The van der Waals surface area contributed by atoms with Crippen LogP contribution in [0.1, 0.15) is 59.3 Å². The number of aliphatic hydroxyl groups is 3. The molecular formula is C24H39NO5. The van der Waals surface area contributed by atoms with Crippen LogP contribution in [0.5, 0.6) is 0 Å². The maximum Gasteiger partial charge on any atom is 0.159 e. The van der Waals surface area contributed by atoms with Gasteiger partial charge < -0.3 is 25.4 Å². The first-order valence-electron chi connectivity index (χ1n) is 11.6. The molecule has 0 aromatic rings. The first-order valence-corrected chi connectivity index (χ1v) is 11.6. The van der Waals surface area contributed by atoms with Crippen LogP contribution in [0.25, 0.3) is 0 Å². The van der Waals surface area contributed by atoms with E-state index in [1.165, 1.54) is 0 Å². The molecule has 3 saturated carbocycles. The van der Waals surface area contributed by atoms with Crippen molar-refractivity contribution < 1.29 is 24.9 Å². The Bertz CT molecular complexity index is 724. The number of rotatable bonds is 5. The van der Waals surface area contributed by atoms with Crippen molar-refractivity contribution in [2.45, 2.75) is 83.1 Å². The topological polar surface area (TPSA) is 99.0 Å². The molecule has 6 heteroatoms. The van der Waals surface area contributed by atoms with E-state index in [0.29, 0.717) is 31.8 Å². The molecule has 0 heterocycles. The number of allylic oxidation sites excluding steroid dienone is 1. The standard InChI is InChI=1S/C24H39NO5/c1-14(25-9-10-30-4)15-6-8-24(29)17-11-19(26)18-12-20(27)21(28)13-22(18,2)16(17)5-7-23(15,24)3/h11,14-16,18,20-21,25,27-29H,5-10,12-13H2,1-4H3. The Hall–Kier alpha value is -0.790. The predicted octanol–water partition coefficient (Wildman–Crippen LogP) is 1.82. The molecule has 0 bridgehead atoms. The van der Waals surface area contributed by atoms with Crippen LogP contribution in [-0.2, 0) is 9.53 Å². The molecule has 0 aromatic heterocycles. The first kappa shape index (κ1) is 22.4. The highest BCUT2D eigenvalue weighted by molar-refractivity contribution is 5.95. The Labute approximate surface area is 180 Å². The number of fused-ring (bicyclic) bond motifs is 5. The molecule has 4 aliphatic rings. The van der Waals surface area contributed by atoms with Crippen LogP contribution in [0.4, 0.5) is 0 Å². The molecule has 3 fully saturated rings. The van der Waals surface area contributed by atoms with Crippen molar-refractivity contribution >= 4 is 5.78 Å². The van der Waals surface area contributed by atoms with Crippen molar-refractivity contribution in [3.63, 3.8) is 0 Å². The molecule has 170 valence electrons. The molecular weight excluding hydrogens is 382 g/mol. The van der Waals surface area contributed by atoms with Gasteiger partial charge in [-0.1, -0.05) is 13.8 Å². The normalized spacial score (nSPS) is 49.1.